The van der Waals surface area contributed by atoms with Crippen LogP contribution in [0, 0.1) is 13.8 Å². The molecule has 2 aromatic heterocycles. The van der Waals surface area contributed by atoms with Gasteiger partial charge in [0.1, 0.15) is 4.83 Å². The molecule has 0 aromatic carbocycles. The number of amides is 1. The Morgan fingerprint density at radius 2 is 2.13 bits per heavy atom. The van der Waals surface area contributed by atoms with Gasteiger partial charge >= 0.3 is 0 Å². The second-order valence-electron chi connectivity index (χ2n) is 5.38. The van der Waals surface area contributed by atoms with Crippen LogP contribution in [0.25, 0.3) is 10.2 Å². The summed E-state index contributed by atoms with van der Waals surface area (Å²) in [7, 11) is 3.63. The molecule has 0 spiro atoms. The van der Waals surface area contributed by atoms with Crippen molar-refractivity contribution in [2.24, 2.45) is 0 Å². The zero-order valence-electron chi connectivity index (χ0n) is 13.9. The van der Waals surface area contributed by atoms with Gasteiger partial charge in [0.15, 0.2) is 0 Å². The maximum atomic E-state index is 12.5. The minimum absolute atomic E-state index is 0. The zero-order chi connectivity index (χ0) is 16.3. The van der Waals surface area contributed by atoms with E-state index in [2.05, 4.69) is 10.3 Å². The molecule has 2 aromatic rings. The Kier molecular flexibility index (Phi) is 7.18. The molecule has 0 saturated heterocycles. The number of nitrogens with zero attached hydrogens (tertiary/aromatic N) is 3. The topological polar surface area (TPSA) is 67.2 Å². The average Bonchev–Trinajstić information content (AvgIpc) is 2.79. The van der Waals surface area contributed by atoms with Gasteiger partial charge in [0, 0.05) is 38.0 Å². The lowest BCUT2D eigenvalue weighted by atomic mass is 10.2. The third kappa shape index (κ3) is 4.31. The van der Waals surface area contributed by atoms with Gasteiger partial charge in [-0.2, -0.15) is 0 Å². The highest BCUT2D eigenvalue weighted by Gasteiger charge is 2.13. The Morgan fingerprint density at radius 1 is 1.43 bits per heavy atom. The summed E-state index contributed by atoms with van der Waals surface area (Å²) in [6.45, 7) is 5.70. The van der Waals surface area contributed by atoms with Gasteiger partial charge in [-0.15, -0.1) is 23.7 Å². The van der Waals surface area contributed by atoms with Crippen LogP contribution < -0.4 is 10.9 Å². The lowest BCUT2D eigenvalue weighted by Gasteiger charge is -2.17. The van der Waals surface area contributed by atoms with E-state index in [1.54, 1.807) is 18.3 Å². The number of hydrogen-bond donors (Lipinski definition) is 1. The number of aryl methyl sites for hydroxylation is 3. The van der Waals surface area contributed by atoms with E-state index >= 15 is 0 Å². The molecular weight excluding hydrogens is 336 g/mol. The molecule has 0 unspecified atom stereocenters. The molecule has 0 saturated carbocycles. The van der Waals surface area contributed by atoms with Gasteiger partial charge in [-0.3, -0.25) is 14.2 Å². The first-order valence-electron chi connectivity index (χ1n) is 7.29. The highest BCUT2D eigenvalue weighted by atomic mass is 35.5. The van der Waals surface area contributed by atoms with Crippen molar-refractivity contribution in [1.29, 1.82) is 0 Å². The van der Waals surface area contributed by atoms with E-state index in [1.165, 1.54) is 15.9 Å². The molecule has 0 atom stereocenters. The summed E-state index contributed by atoms with van der Waals surface area (Å²) >= 11 is 1.53. The minimum atomic E-state index is -0.0578. The number of nitrogens with one attached hydrogen (secondary N) is 1. The van der Waals surface area contributed by atoms with Crippen LogP contribution in [0.2, 0.25) is 0 Å². The SMILES string of the molecule is CNCCN(C)C(=O)CCn1cnc2sc(C)c(C)c2c1=O.Cl. The smallest absolute Gasteiger partial charge is 0.262 e. The molecule has 8 heteroatoms. The van der Waals surface area contributed by atoms with Gasteiger partial charge in [0.2, 0.25) is 5.91 Å². The summed E-state index contributed by atoms with van der Waals surface area (Å²) in [6.07, 6.45) is 1.84. The quantitative estimate of drug-likeness (QED) is 0.851. The standard InChI is InChI=1S/C15H22N4O2S.ClH/c1-10-11(2)22-14-13(10)15(21)19(9-17-14)7-5-12(20)18(4)8-6-16-3;/h9,16H,5-8H2,1-4H3;1H. The predicted molar refractivity (Wildman–Crippen MR) is 96.8 cm³/mol. The van der Waals surface area contributed by atoms with E-state index in [0.29, 0.717) is 24.9 Å². The van der Waals surface area contributed by atoms with E-state index in [9.17, 15) is 9.59 Å². The number of fused-ring (bicyclic) bond motifs is 1. The van der Waals surface area contributed by atoms with Crippen LogP contribution in [0.15, 0.2) is 11.1 Å². The van der Waals surface area contributed by atoms with Crippen LogP contribution in [0.4, 0.5) is 0 Å². The minimum Gasteiger partial charge on any atom is -0.344 e. The normalized spacial score (nSPS) is 10.6. The Labute approximate surface area is 145 Å². The second kappa shape index (κ2) is 8.42. The van der Waals surface area contributed by atoms with Crippen LogP contribution in [0.5, 0.6) is 0 Å². The first-order valence-corrected chi connectivity index (χ1v) is 8.11. The Morgan fingerprint density at radius 3 is 2.78 bits per heavy atom. The van der Waals surface area contributed by atoms with Crippen molar-refractivity contribution in [3.8, 4) is 0 Å². The monoisotopic (exact) mass is 358 g/mol. The maximum Gasteiger partial charge on any atom is 0.262 e. The van der Waals surface area contributed by atoms with Gasteiger partial charge in [0.05, 0.1) is 11.7 Å². The number of hydrogen-bond acceptors (Lipinski definition) is 5. The number of carbonyl (C=O) groups is 1. The molecule has 23 heavy (non-hydrogen) atoms. The molecule has 1 amide bonds. The van der Waals surface area contributed by atoms with Crippen molar-refractivity contribution in [3.63, 3.8) is 0 Å². The fraction of sp³-hybridized carbons (Fsp3) is 0.533. The molecule has 1 N–H and O–H groups in total. The number of aromatic nitrogens is 2. The number of thiophene rings is 1. The summed E-state index contributed by atoms with van der Waals surface area (Å²) in [5.41, 5.74) is 0.932. The average molecular weight is 359 g/mol. The molecule has 0 fully saturated rings. The summed E-state index contributed by atoms with van der Waals surface area (Å²) in [6, 6.07) is 0. The number of carbonyl (C=O) groups excluding carboxylic acids is 1. The van der Waals surface area contributed by atoms with Gasteiger partial charge in [-0.05, 0) is 26.5 Å². The largest absolute Gasteiger partial charge is 0.344 e. The van der Waals surface area contributed by atoms with E-state index < -0.39 is 0 Å². The highest BCUT2D eigenvalue weighted by Crippen LogP contribution is 2.25. The van der Waals surface area contributed by atoms with Crippen LogP contribution in [0.3, 0.4) is 0 Å². The van der Waals surface area contributed by atoms with E-state index in [-0.39, 0.29) is 23.9 Å². The van der Waals surface area contributed by atoms with Crippen LogP contribution in [0.1, 0.15) is 16.9 Å². The fourth-order valence-corrected chi connectivity index (χ4v) is 3.23. The van der Waals surface area contributed by atoms with Crippen molar-refractivity contribution >= 4 is 39.9 Å². The summed E-state index contributed by atoms with van der Waals surface area (Å²) in [5.74, 6) is 0.0282. The summed E-state index contributed by atoms with van der Waals surface area (Å²) < 4.78 is 1.53. The molecule has 2 heterocycles. The fourth-order valence-electron chi connectivity index (χ4n) is 2.24. The van der Waals surface area contributed by atoms with Crippen molar-refractivity contribution in [1.82, 2.24) is 19.8 Å². The van der Waals surface area contributed by atoms with Gasteiger partial charge in [0.25, 0.3) is 5.56 Å². The molecule has 2 rings (SSSR count). The highest BCUT2D eigenvalue weighted by molar-refractivity contribution is 7.18. The van der Waals surface area contributed by atoms with Crippen molar-refractivity contribution in [2.45, 2.75) is 26.8 Å². The first kappa shape index (κ1) is 19.6. The summed E-state index contributed by atoms with van der Waals surface area (Å²) in [4.78, 5) is 32.4. The third-order valence-electron chi connectivity index (χ3n) is 3.85. The molecule has 6 nitrogen and oxygen atoms in total. The zero-order valence-corrected chi connectivity index (χ0v) is 15.5. The van der Waals surface area contributed by atoms with Crippen LogP contribution >= 0.6 is 23.7 Å². The van der Waals surface area contributed by atoms with E-state index in [4.69, 9.17) is 0 Å². The molecular formula is C15H23ClN4O2S. The van der Waals surface area contributed by atoms with Crippen LogP contribution in [-0.4, -0.2) is 47.5 Å². The van der Waals surface area contributed by atoms with E-state index in [0.717, 1.165) is 21.8 Å². The predicted octanol–water partition coefficient (Wildman–Crippen LogP) is 1.56. The Hall–Kier alpha value is -1.44. The van der Waals surface area contributed by atoms with Crippen molar-refractivity contribution < 1.29 is 4.79 Å². The molecule has 0 bridgehead atoms. The first-order chi connectivity index (χ1) is 10.5. The lowest BCUT2D eigenvalue weighted by molar-refractivity contribution is -0.130. The van der Waals surface area contributed by atoms with Gasteiger partial charge < -0.3 is 10.2 Å². The molecule has 128 valence electrons. The number of halogens is 1. The van der Waals surface area contributed by atoms with Crippen LogP contribution in [-0.2, 0) is 11.3 Å². The molecule has 0 radical (unpaired) electrons. The Bertz CT molecular complexity index is 741. The summed E-state index contributed by atoms with van der Waals surface area (Å²) in [5, 5.41) is 3.69. The van der Waals surface area contributed by atoms with Gasteiger partial charge in [-0.25, -0.2) is 4.98 Å². The molecule has 0 aliphatic rings. The van der Waals surface area contributed by atoms with E-state index in [1.807, 2.05) is 20.9 Å². The molecule has 0 aliphatic carbocycles. The number of rotatable bonds is 6. The molecule has 0 aliphatic heterocycles. The number of likely N-dealkylation sites (N-methyl/N-ethyl adjacent to an activating group) is 2. The maximum absolute atomic E-state index is 12.5. The second-order valence-corrected chi connectivity index (χ2v) is 6.58. The Balaban J connectivity index is 0.00000264. The van der Waals surface area contributed by atoms with Crippen molar-refractivity contribution in [2.75, 3.05) is 27.2 Å². The third-order valence-corrected chi connectivity index (χ3v) is 4.96. The van der Waals surface area contributed by atoms with Crippen molar-refractivity contribution in [3.05, 3.63) is 27.1 Å². The lowest BCUT2D eigenvalue weighted by Crippen LogP contribution is -2.34. The van der Waals surface area contributed by atoms with Gasteiger partial charge in [-0.1, -0.05) is 0 Å².